The van der Waals surface area contributed by atoms with Crippen LogP contribution in [0.25, 0.3) is 0 Å². The molecule has 0 radical (unpaired) electrons. The van der Waals surface area contributed by atoms with Crippen molar-refractivity contribution in [2.75, 3.05) is 46.0 Å². The minimum absolute atomic E-state index is 0.500. The van der Waals surface area contributed by atoms with Gasteiger partial charge in [0, 0.05) is 25.7 Å². The molecule has 1 unspecified atom stereocenters. The Hall–Kier alpha value is -1.10. The SMILES string of the molecule is CCNCC1COCCN1CCCOc1ccccc1. The molecule has 1 aliphatic rings. The molecule has 1 N–H and O–H groups in total. The van der Waals surface area contributed by atoms with Crippen molar-refractivity contribution < 1.29 is 9.47 Å². The van der Waals surface area contributed by atoms with Crippen LogP contribution in [0.2, 0.25) is 0 Å². The summed E-state index contributed by atoms with van der Waals surface area (Å²) in [6.07, 6.45) is 1.05. The fraction of sp³-hybridized carbons (Fsp3) is 0.625. The molecule has 1 heterocycles. The molecule has 112 valence electrons. The lowest BCUT2D eigenvalue weighted by molar-refractivity contribution is -0.00828. The lowest BCUT2D eigenvalue weighted by atomic mass is 10.2. The Morgan fingerprint density at radius 1 is 1.35 bits per heavy atom. The van der Waals surface area contributed by atoms with Crippen LogP contribution in [0.5, 0.6) is 5.75 Å². The Morgan fingerprint density at radius 3 is 3.00 bits per heavy atom. The van der Waals surface area contributed by atoms with Crippen LogP contribution in [0.3, 0.4) is 0 Å². The molecule has 1 aromatic carbocycles. The molecule has 20 heavy (non-hydrogen) atoms. The number of hydrogen-bond donors (Lipinski definition) is 1. The average Bonchev–Trinajstić information content (AvgIpc) is 2.51. The standard InChI is InChI=1S/C16H26N2O2/c1-2-17-13-15-14-19-12-10-18(15)9-6-11-20-16-7-4-3-5-8-16/h3-5,7-8,15,17H,2,6,9-14H2,1H3. The van der Waals surface area contributed by atoms with Gasteiger partial charge in [0.25, 0.3) is 0 Å². The van der Waals surface area contributed by atoms with Crippen molar-refractivity contribution in [3.63, 3.8) is 0 Å². The maximum absolute atomic E-state index is 5.74. The molecule has 0 spiro atoms. The van der Waals surface area contributed by atoms with Crippen molar-refractivity contribution in [2.24, 2.45) is 0 Å². The number of morpholine rings is 1. The van der Waals surface area contributed by atoms with Gasteiger partial charge in [-0.1, -0.05) is 25.1 Å². The Kier molecular flexibility index (Phi) is 6.84. The second kappa shape index (κ2) is 8.95. The zero-order chi connectivity index (χ0) is 14.0. The van der Waals surface area contributed by atoms with Crippen LogP contribution in [0.4, 0.5) is 0 Å². The van der Waals surface area contributed by atoms with Crippen LogP contribution in [-0.2, 0) is 4.74 Å². The van der Waals surface area contributed by atoms with Crippen molar-refractivity contribution in [3.8, 4) is 5.75 Å². The van der Waals surface area contributed by atoms with Gasteiger partial charge in [-0.05, 0) is 25.1 Å². The largest absolute Gasteiger partial charge is 0.494 e. The summed E-state index contributed by atoms with van der Waals surface area (Å²) in [7, 11) is 0. The van der Waals surface area contributed by atoms with Crippen molar-refractivity contribution in [1.29, 1.82) is 0 Å². The molecule has 1 fully saturated rings. The molecule has 0 amide bonds. The summed E-state index contributed by atoms with van der Waals surface area (Å²) in [5.74, 6) is 0.957. The summed E-state index contributed by atoms with van der Waals surface area (Å²) in [6.45, 7) is 8.73. The van der Waals surface area contributed by atoms with E-state index in [0.717, 1.165) is 58.2 Å². The van der Waals surface area contributed by atoms with Crippen LogP contribution >= 0.6 is 0 Å². The molecule has 0 bridgehead atoms. The van der Waals surface area contributed by atoms with Gasteiger partial charge in [0.05, 0.1) is 19.8 Å². The highest BCUT2D eigenvalue weighted by molar-refractivity contribution is 5.20. The number of hydrogen-bond acceptors (Lipinski definition) is 4. The van der Waals surface area contributed by atoms with Crippen LogP contribution in [0, 0.1) is 0 Å². The molecular formula is C16H26N2O2. The highest BCUT2D eigenvalue weighted by Gasteiger charge is 2.21. The van der Waals surface area contributed by atoms with Gasteiger partial charge in [-0.3, -0.25) is 4.90 Å². The number of para-hydroxylation sites is 1. The fourth-order valence-electron chi connectivity index (χ4n) is 2.46. The minimum atomic E-state index is 0.500. The summed E-state index contributed by atoms with van der Waals surface area (Å²) in [5.41, 5.74) is 0. The second-order valence-corrected chi connectivity index (χ2v) is 5.09. The summed E-state index contributed by atoms with van der Waals surface area (Å²) in [4.78, 5) is 2.51. The fourth-order valence-corrected chi connectivity index (χ4v) is 2.46. The highest BCUT2D eigenvalue weighted by atomic mass is 16.5. The monoisotopic (exact) mass is 278 g/mol. The first-order chi connectivity index (χ1) is 9.90. The second-order valence-electron chi connectivity index (χ2n) is 5.09. The van der Waals surface area contributed by atoms with Crippen LogP contribution in [0.15, 0.2) is 30.3 Å². The quantitative estimate of drug-likeness (QED) is 0.735. The number of likely N-dealkylation sites (N-methyl/N-ethyl adjacent to an activating group) is 1. The van der Waals surface area contributed by atoms with E-state index in [1.807, 2.05) is 30.3 Å². The molecule has 1 aliphatic heterocycles. The van der Waals surface area contributed by atoms with E-state index >= 15 is 0 Å². The first-order valence-corrected chi connectivity index (χ1v) is 7.60. The lowest BCUT2D eigenvalue weighted by Gasteiger charge is -2.35. The number of nitrogens with one attached hydrogen (secondary N) is 1. The Bertz CT molecular complexity index is 359. The smallest absolute Gasteiger partial charge is 0.119 e. The van der Waals surface area contributed by atoms with Gasteiger partial charge in [-0.15, -0.1) is 0 Å². The van der Waals surface area contributed by atoms with Gasteiger partial charge < -0.3 is 14.8 Å². The van der Waals surface area contributed by atoms with E-state index in [9.17, 15) is 0 Å². The molecule has 0 aromatic heterocycles. The van der Waals surface area contributed by atoms with E-state index in [1.165, 1.54) is 0 Å². The normalized spacial score (nSPS) is 19.9. The summed E-state index contributed by atoms with van der Waals surface area (Å²) in [6, 6.07) is 10.5. The topological polar surface area (TPSA) is 33.7 Å². The lowest BCUT2D eigenvalue weighted by Crippen LogP contribution is -2.50. The van der Waals surface area contributed by atoms with Crippen molar-refractivity contribution in [2.45, 2.75) is 19.4 Å². The van der Waals surface area contributed by atoms with Gasteiger partial charge in [-0.2, -0.15) is 0 Å². The molecule has 0 saturated carbocycles. The average molecular weight is 278 g/mol. The van der Waals surface area contributed by atoms with E-state index in [0.29, 0.717) is 6.04 Å². The summed E-state index contributed by atoms with van der Waals surface area (Å²) in [5, 5.41) is 3.41. The number of rotatable bonds is 8. The first kappa shape index (κ1) is 15.3. The number of nitrogens with zero attached hydrogens (tertiary/aromatic N) is 1. The summed E-state index contributed by atoms with van der Waals surface area (Å²) >= 11 is 0. The maximum Gasteiger partial charge on any atom is 0.119 e. The minimum Gasteiger partial charge on any atom is -0.494 e. The molecule has 2 rings (SSSR count). The zero-order valence-electron chi connectivity index (χ0n) is 12.4. The van der Waals surface area contributed by atoms with E-state index < -0.39 is 0 Å². The predicted octanol–water partition coefficient (Wildman–Crippen LogP) is 1.77. The van der Waals surface area contributed by atoms with Crippen molar-refractivity contribution >= 4 is 0 Å². The first-order valence-electron chi connectivity index (χ1n) is 7.60. The number of ether oxygens (including phenoxy) is 2. The molecule has 4 nitrogen and oxygen atoms in total. The van der Waals surface area contributed by atoms with Crippen molar-refractivity contribution in [1.82, 2.24) is 10.2 Å². The van der Waals surface area contributed by atoms with E-state index in [-0.39, 0.29) is 0 Å². The van der Waals surface area contributed by atoms with E-state index in [1.54, 1.807) is 0 Å². The van der Waals surface area contributed by atoms with Gasteiger partial charge in [0.2, 0.25) is 0 Å². The Labute approximate surface area is 122 Å². The van der Waals surface area contributed by atoms with Gasteiger partial charge in [0.1, 0.15) is 5.75 Å². The van der Waals surface area contributed by atoms with Gasteiger partial charge in [0.15, 0.2) is 0 Å². The zero-order valence-corrected chi connectivity index (χ0v) is 12.4. The summed E-state index contributed by atoms with van der Waals surface area (Å²) < 4.78 is 11.3. The van der Waals surface area contributed by atoms with E-state index in [2.05, 4.69) is 17.1 Å². The van der Waals surface area contributed by atoms with Crippen LogP contribution < -0.4 is 10.1 Å². The molecular weight excluding hydrogens is 252 g/mol. The third kappa shape index (κ3) is 5.12. The van der Waals surface area contributed by atoms with Gasteiger partial charge >= 0.3 is 0 Å². The molecule has 1 atom stereocenters. The Balaban J connectivity index is 1.66. The van der Waals surface area contributed by atoms with Crippen LogP contribution in [0.1, 0.15) is 13.3 Å². The maximum atomic E-state index is 5.74. The van der Waals surface area contributed by atoms with Crippen LogP contribution in [-0.4, -0.2) is 56.9 Å². The molecule has 1 aromatic rings. The van der Waals surface area contributed by atoms with E-state index in [4.69, 9.17) is 9.47 Å². The Morgan fingerprint density at radius 2 is 2.20 bits per heavy atom. The molecule has 4 heteroatoms. The van der Waals surface area contributed by atoms with Gasteiger partial charge in [-0.25, -0.2) is 0 Å². The third-order valence-corrected chi connectivity index (χ3v) is 3.58. The highest BCUT2D eigenvalue weighted by Crippen LogP contribution is 2.10. The third-order valence-electron chi connectivity index (χ3n) is 3.58. The molecule has 0 aliphatic carbocycles. The molecule has 1 saturated heterocycles. The number of benzene rings is 1. The predicted molar refractivity (Wildman–Crippen MR) is 81.3 cm³/mol. The van der Waals surface area contributed by atoms with Crippen molar-refractivity contribution in [3.05, 3.63) is 30.3 Å².